The highest BCUT2D eigenvalue weighted by Gasteiger charge is 2.31. The Hall–Kier alpha value is -1.48. The fourth-order valence-electron chi connectivity index (χ4n) is 4.10. The summed E-state index contributed by atoms with van der Waals surface area (Å²) in [6.07, 6.45) is 2.08. The molecule has 0 aliphatic carbocycles. The van der Waals surface area contributed by atoms with E-state index in [2.05, 4.69) is 22.2 Å². The van der Waals surface area contributed by atoms with Gasteiger partial charge in [-0.25, -0.2) is 8.42 Å². The first-order valence-electron chi connectivity index (χ1n) is 10.6. The molecule has 1 amide bonds. The second-order valence-corrected chi connectivity index (χ2v) is 10.3. The van der Waals surface area contributed by atoms with Crippen molar-refractivity contribution in [3.63, 3.8) is 0 Å². The van der Waals surface area contributed by atoms with Gasteiger partial charge in [-0.2, -0.15) is 4.31 Å². The van der Waals surface area contributed by atoms with Crippen molar-refractivity contribution in [2.75, 3.05) is 59.4 Å². The van der Waals surface area contributed by atoms with Gasteiger partial charge in [-0.3, -0.25) is 9.69 Å². The lowest BCUT2D eigenvalue weighted by molar-refractivity contribution is -0.122. The van der Waals surface area contributed by atoms with Crippen LogP contribution in [0.25, 0.3) is 0 Å². The van der Waals surface area contributed by atoms with Gasteiger partial charge in [0.15, 0.2) is 0 Å². The number of rotatable bonds is 7. The fourth-order valence-corrected chi connectivity index (χ4v) is 5.76. The number of benzene rings is 1. The van der Waals surface area contributed by atoms with Crippen molar-refractivity contribution in [2.45, 2.75) is 31.1 Å². The van der Waals surface area contributed by atoms with Crippen LogP contribution in [0.2, 0.25) is 0 Å². The molecule has 162 valence electrons. The minimum Gasteiger partial charge on any atom is -0.355 e. The molecule has 2 aliphatic rings. The minimum absolute atomic E-state index is 0.0268. The fraction of sp³-hybridized carbons (Fsp3) is 0.667. The molecule has 2 heterocycles. The zero-order valence-corrected chi connectivity index (χ0v) is 18.5. The lowest BCUT2D eigenvalue weighted by atomic mass is 9.96. The second-order valence-electron chi connectivity index (χ2n) is 8.39. The van der Waals surface area contributed by atoms with E-state index in [0.29, 0.717) is 31.0 Å². The largest absolute Gasteiger partial charge is 0.355 e. The van der Waals surface area contributed by atoms with E-state index in [1.807, 2.05) is 13.0 Å². The average Bonchev–Trinajstić information content (AvgIpc) is 2.70. The zero-order valence-electron chi connectivity index (χ0n) is 17.6. The van der Waals surface area contributed by atoms with E-state index in [-0.39, 0.29) is 11.8 Å². The van der Waals surface area contributed by atoms with Crippen molar-refractivity contribution in [2.24, 2.45) is 5.92 Å². The molecule has 29 heavy (non-hydrogen) atoms. The van der Waals surface area contributed by atoms with Gasteiger partial charge in [0, 0.05) is 58.8 Å². The molecule has 1 N–H and O–H groups in total. The van der Waals surface area contributed by atoms with Gasteiger partial charge in [-0.05, 0) is 50.4 Å². The molecule has 3 rings (SSSR count). The van der Waals surface area contributed by atoms with E-state index in [1.54, 1.807) is 22.5 Å². The third-order valence-corrected chi connectivity index (χ3v) is 7.79. The molecule has 2 aliphatic heterocycles. The van der Waals surface area contributed by atoms with Gasteiger partial charge in [0.1, 0.15) is 0 Å². The molecule has 1 unspecified atom stereocenters. The molecule has 2 fully saturated rings. The predicted molar refractivity (Wildman–Crippen MR) is 114 cm³/mol. The first-order chi connectivity index (χ1) is 13.8. The summed E-state index contributed by atoms with van der Waals surface area (Å²) in [6, 6.07) is 7.03. The molecule has 1 aromatic rings. The molecule has 7 nitrogen and oxygen atoms in total. The summed E-state index contributed by atoms with van der Waals surface area (Å²) in [4.78, 5) is 17.4. The quantitative estimate of drug-likeness (QED) is 0.714. The van der Waals surface area contributed by atoms with Gasteiger partial charge in [0.2, 0.25) is 15.9 Å². The monoisotopic (exact) mass is 422 g/mol. The summed E-state index contributed by atoms with van der Waals surface area (Å²) in [5.41, 5.74) is 0.930. The third-order valence-electron chi connectivity index (χ3n) is 5.93. The number of nitrogens with one attached hydrogen (secondary N) is 1. The van der Waals surface area contributed by atoms with E-state index in [0.717, 1.165) is 51.1 Å². The number of nitrogens with zero attached hydrogens (tertiary/aromatic N) is 3. The van der Waals surface area contributed by atoms with Crippen molar-refractivity contribution in [3.05, 3.63) is 29.8 Å². The number of piperazine rings is 1. The Kier molecular flexibility index (Phi) is 7.67. The van der Waals surface area contributed by atoms with Crippen LogP contribution in [0.15, 0.2) is 29.2 Å². The van der Waals surface area contributed by atoms with E-state index in [4.69, 9.17) is 0 Å². The Bertz CT molecular complexity index is 791. The second kappa shape index (κ2) is 10.0. The van der Waals surface area contributed by atoms with Crippen molar-refractivity contribution < 1.29 is 13.2 Å². The number of amides is 1. The van der Waals surface area contributed by atoms with Crippen molar-refractivity contribution in [1.29, 1.82) is 0 Å². The van der Waals surface area contributed by atoms with Crippen LogP contribution in [0.4, 0.5) is 0 Å². The van der Waals surface area contributed by atoms with Crippen molar-refractivity contribution in [3.8, 4) is 0 Å². The number of hydrogen-bond donors (Lipinski definition) is 1. The molecule has 0 saturated carbocycles. The number of carbonyl (C=O) groups is 1. The summed E-state index contributed by atoms with van der Waals surface area (Å²) in [5.74, 6) is 0.103. The maximum absolute atomic E-state index is 13.0. The predicted octanol–water partition coefficient (Wildman–Crippen LogP) is 1.15. The molecular formula is C21H34N4O3S. The number of carbonyl (C=O) groups excluding carboxylic acids is 1. The van der Waals surface area contributed by atoms with Gasteiger partial charge in [0.05, 0.1) is 4.90 Å². The number of piperidine rings is 1. The summed E-state index contributed by atoms with van der Waals surface area (Å²) in [6.45, 7) is 8.59. The Labute approximate surface area is 175 Å². The van der Waals surface area contributed by atoms with Crippen LogP contribution < -0.4 is 5.32 Å². The first-order valence-corrected chi connectivity index (χ1v) is 12.0. The molecule has 1 aromatic carbocycles. The highest BCUT2D eigenvalue weighted by atomic mass is 32.2. The van der Waals surface area contributed by atoms with E-state index < -0.39 is 10.0 Å². The Morgan fingerprint density at radius 1 is 1.17 bits per heavy atom. The van der Waals surface area contributed by atoms with Crippen LogP contribution >= 0.6 is 0 Å². The van der Waals surface area contributed by atoms with E-state index in [1.165, 1.54) is 0 Å². The van der Waals surface area contributed by atoms with Gasteiger partial charge in [0.25, 0.3) is 0 Å². The summed E-state index contributed by atoms with van der Waals surface area (Å²) in [7, 11) is -1.37. The Balaban J connectivity index is 1.46. The SMILES string of the molecule is Cc1cccc(S(=O)(=O)N2CCCC(CC(=O)NCCN3CCN(C)CC3)C2)c1. The van der Waals surface area contributed by atoms with Crippen LogP contribution in [-0.2, 0) is 14.8 Å². The van der Waals surface area contributed by atoms with Gasteiger partial charge in [-0.1, -0.05) is 12.1 Å². The number of likely N-dealkylation sites (N-methyl/N-ethyl adjacent to an activating group) is 1. The molecule has 0 aromatic heterocycles. The normalized spacial score (nSPS) is 22.5. The summed E-state index contributed by atoms with van der Waals surface area (Å²) in [5, 5.41) is 3.02. The molecule has 0 spiro atoms. The van der Waals surface area contributed by atoms with Crippen molar-refractivity contribution >= 4 is 15.9 Å². The number of hydrogen-bond acceptors (Lipinski definition) is 5. The van der Waals surface area contributed by atoms with Crippen LogP contribution in [0, 0.1) is 12.8 Å². The molecule has 2 saturated heterocycles. The molecular weight excluding hydrogens is 388 g/mol. The van der Waals surface area contributed by atoms with E-state index in [9.17, 15) is 13.2 Å². The number of sulfonamides is 1. The van der Waals surface area contributed by atoms with Gasteiger partial charge >= 0.3 is 0 Å². The highest BCUT2D eigenvalue weighted by molar-refractivity contribution is 7.89. The van der Waals surface area contributed by atoms with Crippen LogP contribution in [0.5, 0.6) is 0 Å². The summed E-state index contributed by atoms with van der Waals surface area (Å²) >= 11 is 0. The van der Waals surface area contributed by atoms with Crippen molar-refractivity contribution in [1.82, 2.24) is 19.4 Å². The highest BCUT2D eigenvalue weighted by Crippen LogP contribution is 2.25. The van der Waals surface area contributed by atoms with Crippen LogP contribution in [0.1, 0.15) is 24.8 Å². The molecule has 0 radical (unpaired) electrons. The maximum Gasteiger partial charge on any atom is 0.243 e. The Morgan fingerprint density at radius 2 is 1.93 bits per heavy atom. The third kappa shape index (κ3) is 6.25. The van der Waals surface area contributed by atoms with E-state index >= 15 is 0 Å². The lowest BCUT2D eigenvalue weighted by Gasteiger charge is -2.33. The standard InChI is InChI=1S/C21H34N4O3S/c1-18-5-3-7-20(15-18)29(27,28)25-9-4-6-19(17-25)16-21(26)22-8-10-24-13-11-23(2)12-14-24/h3,5,7,15,19H,4,6,8-14,16-17H2,1-2H3,(H,22,26). The van der Waals surface area contributed by atoms with Crippen LogP contribution in [0.3, 0.4) is 0 Å². The van der Waals surface area contributed by atoms with Crippen LogP contribution in [-0.4, -0.2) is 87.8 Å². The topological polar surface area (TPSA) is 73.0 Å². The lowest BCUT2D eigenvalue weighted by Crippen LogP contribution is -2.47. The molecule has 0 bridgehead atoms. The minimum atomic E-state index is -3.50. The molecule has 8 heteroatoms. The van der Waals surface area contributed by atoms with Gasteiger partial charge < -0.3 is 10.2 Å². The summed E-state index contributed by atoms with van der Waals surface area (Å²) < 4.78 is 27.5. The molecule has 1 atom stereocenters. The van der Waals surface area contributed by atoms with Gasteiger partial charge in [-0.15, -0.1) is 0 Å². The Morgan fingerprint density at radius 3 is 2.66 bits per heavy atom. The number of aryl methyl sites for hydroxylation is 1. The maximum atomic E-state index is 13.0. The first kappa shape index (κ1) is 22.2. The zero-order chi connectivity index (χ0) is 20.9. The average molecular weight is 423 g/mol. The smallest absolute Gasteiger partial charge is 0.243 e.